The Bertz CT molecular complexity index is 924. The number of esters is 1. The number of aliphatic hydroxyl groups is 2. The number of carbonyl (C=O) groups excluding carboxylic acids is 2. The third kappa shape index (κ3) is 48.1. The van der Waals surface area contributed by atoms with E-state index >= 15 is 0 Å². The highest BCUT2D eigenvalue weighted by Crippen LogP contribution is 2.17. The van der Waals surface area contributed by atoms with Crippen molar-refractivity contribution < 1.29 is 24.5 Å². The van der Waals surface area contributed by atoms with E-state index in [4.69, 9.17) is 4.74 Å². The van der Waals surface area contributed by atoms with Gasteiger partial charge in [0.15, 0.2) is 0 Å². The lowest BCUT2D eigenvalue weighted by molar-refractivity contribution is -0.143. The van der Waals surface area contributed by atoms with E-state index in [1.807, 2.05) is 0 Å². The summed E-state index contributed by atoms with van der Waals surface area (Å²) in [5.74, 6) is -0.0917. The summed E-state index contributed by atoms with van der Waals surface area (Å²) in [6.45, 7) is 4.90. The molecule has 0 aromatic heterocycles. The van der Waals surface area contributed by atoms with Crippen molar-refractivity contribution in [3.63, 3.8) is 0 Å². The summed E-state index contributed by atoms with van der Waals surface area (Å²) < 4.78 is 5.45. The summed E-state index contributed by atoms with van der Waals surface area (Å²) >= 11 is 0. The third-order valence-corrected chi connectivity index (χ3v) is 13.1. The number of ether oxygens (including phenoxy) is 1. The lowest BCUT2D eigenvalue weighted by atomic mass is 10.0. The lowest BCUT2D eigenvalue weighted by Crippen LogP contribution is -2.45. The zero-order chi connectivity index (χ0) is 45.1. The third-order valence-electron chi connectivity index (χ3n) is 13.1. The van der Waals surface area contributed by atoms with Gasteiger partial charge in [-0.25, -0.2) is 0 Å². The minimum Gasteiger partial charge on any atom is -0.466 e. The second kappa shape index (κ2) is 52.2. The van der Waals surface area contributed by atoms with E-state index in [1.165, 1.54) is 218 Å². The van der Waals surface area contributed by atoms with E-state index < -0.39 is 12.1 Å². The van der Waals surface area contributed by atoms with Gasteiger partial charge < -0.3 is 20.3 Å². The molecular formula is C56H109NO5. The van der Waals surface area contributed by atoms with Crippen LogP contribution in [0.3, 0.4) is 0 Å². The SMILES string of the molecule is CCCCCCCC/C=C\CCCCCCCC(=O)OCCCCCCCCCCCC(=O)NC(CO)C(O)CCCCCCCCCCCCCCCCCCCCCCC. The Morgan fingerprint density at radius 2 is 0.758 bits per heavy atom. The maximum atomic E-state index is 12.5. The van der Waals surface area contributed by atoms with Crippen LogP contribution < -0.4 is 5.32 Å². The Labute approximate surface area is 387 Å². The molecule has 0 saturated carbocycles. The first-order chi connectivity index (χ1) is 30.5. The quantitative estimate of drug-likeness (QED) is 0.0321. The molecule has 0 rings (SSSR count). The number of allylic oxidation sites excluding steroid dienone is 2. The minimum atomic E-state index is -0.682. The maximum Gasteiger partial charge on any atom is 0.305 e. The molecule has 0 aromatic rings. The highest BCUT2D eigenvalue weighted by molar-refractivity contribution is 5.76. The van der Waals surface area contributed by atoms with Crippen LogP contribution in [0.2, 0.25) is 0 Å². The van der Waals surface area contributed by atoms with Gasteiger partial charge in [-0.1, -0.05) is 257 Å². The molecule has 0 aliphatic rings. The largest absolute Gasteiger partial charge is 0.466 e. The highest BCUT2D eigenvalue weighted by Gasteiger charge is 2.20. The molecule has 6 nitrogen and oxygen atoms in total. The van der Waals surface area contributed by atoms with Gasteiger partial charge in [0, 0.05) is 12.8 Å². The molecule has 0 fully saturated rings. The summed E-state index contributed by atoms with van der Waals surface area (Å²) in [7, 11) is 0. The van der Waals surface area contributed by atoms with Gasteiger partial charge in [0.25, 0.3) is 0 Å². The Morgan fingerprint density at radius 3 is 1.15 bits per heavy atom. The fourth-order valence-electron chi connectivity index (χ4n) is 8.75. The van der Waals surface area contributed by atoms with Crippen LogP contribution in [0.5, 0.6) is 0 Å². The molecule has 62 heavy (non-hydrogen) atoms. The molecular weight excluding hydrogens is 767 g/mol. The summed E-state index contributed by atoms with van der Waals surface area (Å²) in [5, 5.41) is 23.3. The van der Waals surface area contributed by atoms with Crippen LogP contribution in [0, 0.1) is 0 Å². The summed E-state index contributed by atoms with van der Waals surface area (Å²) in [4.78, 5) is 24.5. The lowest BCUT2D eigenvalue weighted by Gasteiger charge is -2.22. The second-order valence-electron chi connectivity index (χ2n) is 19.3. The first-order valence-corrected chi connectivity index (χ1v) is 27.9. The first kappa shape index (κ1) is 60.6. The van der Waals surface area contributed by atoms with Crippen LogP contribution in [0.4, 0.5) is 0 Å². The Hall–Kier alpha value is -1.40. The van der Waals surface area contributed by atoms with Crippen LogP contribution in [0.15, 0.2) is 12.2 Å². The van der Waals surface area contributed by atoms with E-state index in [2.05, 4.69) is 31.3 Å². The van der Waals surface area contributed by atoms with E-state index in [9.17, 15) is 19.8 Å². The molecule has 3 N–H and O–H groups in total. The summed E-state index contributed by atoms with van der Waals surface area (Å²) in [5.41, 5.74) is 0. The number of carbonyl (C=O) groups is 2. The molecule has 0 spiro atoms. The standard InChI is InChI=1S/C56H109NO5/c1-3-5-7-9-11-13-15-17-19-20-21-22-23-24-26-27-29-32-36-40-44-48-54(59)53(52-58)57-55(60)49-45-41-37-33-31-35-39-43-47-51-62-56(61)50-46-42-38-34-30-28-25-18-16-14-12-10-8-6-4-2/h18,25,53-54,58-59H,3-17,19-24,26-52H2,1-2H3,(H,57,60)/b25-18-. The Balaban J connectivity index is 3.48. The van der Waals surface area contributed by atoms with Gasteiger partial charge in [-0.05, 0) is 51.4 Å². The Morgan fingerprint density at radius 1 is 0.435 bits per heavy atom. The number of hydrogen-bond donors (Lipinski definition) is 3. The van der Waals surface area contributed by atoms with E-state index in [0.717, 1.165) is 57.8 Å². The molecule has 0 aromatic carbocycles. The second-order valence-corrected chi connectivity index (χ2v) is 19.3. The van der Waals surface area contributed by atoms with Crippen LogP contribution in [0.25, 0.3) is 0 Å². The molecule has 0 heterocycles. The number of nitrogens with one attached hydrogen (secondary N) is 1. The summed E-state index contributed by atoms with van der Waals surface area (Å²) in [6.07, 6.45) is 60.5. The molecule has 0 saturated heterocycles. The molecule has 0 aliphatic heterocycles. The normalized spacial score (nSPS) is 12.6. The number of unbranched alkanes of at least 4 members (excludes halogenated alkanes) is 39. The van der Waals surface area contributed by atoms with Crippen molar-refractivity contribution in [3.8, 4) is 0 Å². The van der Waals surface area contributed by atoms with Gasteiger partial charge in [0.1, 0.15) is 0 Å². The molecule has 2 unspecified atom stereocenters. The van der Waals surface area contributed by atoms with Gasteiger partial charge in [-0.3, -0.25) is 9.59 Å². The molecule has 0 bridgehead atoms. The van der Waals surface area contributed by atoms with Gasteiger partial charge in [-0.2, -0.15) is 0 Å². The van der Waals surface area contributed by atoms with Crippen molar-refractivity contribution in [2.24, 2.45) is 0 Å². The van der Waals surface area contributed by atoms with Crippen LogP contribution in [-0.4, -0.2) is 47.4 Å². The fourth-order valence-corrected chi connectivity index (χ4v) is 8.75. The van der Waals surface area contributed by atoms with Gasteiger partial charge >= 0.3 is 5.97 Å². The van der Waals surface area contributed by atoms with Crippen molar-refractivity contribution in [1.82, 2.24) is 5.32 Å². The smallest absolute Gasteiger partial charge is 0.305 e. The van der Waals surface area contributed by atoms with Crippen molar-refractivity contribution in [2.45, 2.75) is 321 Å². The first-order valence-electron chi connectivity index (χ1n) is 27.9. The van der Waals surface area contributed by atoms with Crippen LogP contribution in [0.1, 0.15) is 309 Å². The topological polar surface area (TPSA) is 95.9 Å². The number of aliphatic hydroxyl groups excluding tert-OH is 2. The zero-order valence-electron chi connectivity index (χ0n) is 41.9. The molecule has 368 valence electrons. The minimum absolute atomic E-state index is 0.0318. The van der Waals surface area contributed by atoms with Crippen molar-refractivity contribution in [2.75, 3.05) is 13.2 Å². The average Bonchev–Trinajstić information content (AvgIpc) is 3.27. The van der Waals surface area contributed by atoms with Gasteiger partial charge in [0.05, 0.1) is 25.4 Å². The van der Waals surface area contributed by atoms with E-state index in [0.29, 0.717) is 25.9 Å². The van der Waals surface area contributed by atoms with E-state index in [-0.39, 0.29) is 18.5 Å². The fraction of sp³-hybridized carbons (Fsp3) is 0.929. The number of rotatable bonds is 52. The van der Waals surface area contributed by atoms with Crippen molar-refractivity contribution >= 4 is 11.9 Å². The number of hydrogen-bond acceptors (Lipinski definition) is 5. The maximum absolute atomic E-state index is 12.5. The molecule has 6 heteroatoms. The van der Waals surface area contributed by atoms with Gasteiger partial charge in [0.2, 0.25) is 5.91 Å². The molecule has 1 amide bonds. The monoisotopic (exact) mass is 876 g/mol. The predicted octanol–water partition coefficient (Wildman–Crippen LogP) is 16.9. The average molecular weight is 876 g/mol. The summed E-state index contributed by atoms with van der Waals surface area (Å²) in [6, 6.07) is -0.562. The molecule has 0 aliphatic carbocycles. The zero-order valence-corrected chi connectivity index (χ0v) is 41.9. The molecule has 0 radical (unpaired) electrons. The predicted molar refractivity (Wildman–Crippen MR) is 269 cm³/mol. The highest BCUT2D eigenvalue weighted by atomic mass is 16.5. The van der Waals surface area contributed by atoms with Crippen LogP contribution >= 0.6 is 0 Å². The number of amides is 1. The van der Waals surface area contributed by atoms with E-state index in [1.54, 1.807) is 0 Å². The van der Waals surface area contributed by atoms with Crippen molar-refractivity contribution in [1.29, 1.82) is 0 Å². The Kier molecular flexibility index (Phi) is 51.0. The molecule has 2 atom stereocenters. The van der Waals surface area contributed by atoms with Crippen LogP contribution in [-0.2, 0) is 14.3 Å². The van der Waals surface area contributed by atoms with Gasteiger partial charge in [-0.15, -0.1) is 0 Å². The van der Waals surface area contributed by atoms with Crippen molar-refractivity contribution in [3.05, 3.63) is 12.2 Å².